The Kier molecular flexibility index (Phi) is 5.50. The van der Waals surface area contributed by atoms with Gasteiger partial charge in [-0.15, -0.1) is 0 Å². The van der Waals surface area contributed by atoms with E-state index in [1.807, 2.05) is 23.1 Å². The molecule has 0 saturated carbocycles. The van der Waals surface area contributed by atoms with Crippen molar-refractivity contribution in [2.24, 2.45) is 0 Å². The van der Waals surface area contributed by atoms with Gasteiger partial charge < -0.3 is 14.5 Å². The second-order valence-corrected chi connectivity index (χ2v) is 7.45. The predicted octanol–water partition coefficient (Wildman–Crippen LogP) is 2.39. The molecule has 2 aromatic rings. The summed E-state index contributed by atoms with van der Waals surface area (Å²) in [5.41, 5.74) is 1.30. The van der Waals surface area contributed by atoms with Gasteiger partial charge in [-0.2, -0.15) is 0 Å². The maximum absolute atomic E-state index is 13.1. The van der Waals surface area contributed by atoms with Crippen LogP contribution in [-0.2, 0) is 6.54 Å². The number of aromatic nitrogens is 2. The topological polar surface area (TPSA) is 82.7 Å². The van der Waals surface area contributed by atoms with Gasteiger partial charge in [-0.3, -0.25) is 14.7 Å². The van der Waals surface area contributed by atoms with Gasteiger partial charge in [0.15, 0.2) is 11.5 Å². The number of piperidine rings is 2. The number of nitrogens with zero attached hydrogens (tertiary/aromatic N) is 4. The molecule has 1 unspecified atom stereocenters. The number of pyridine rings is 1. The first-order valence-electron chi connectivity index (χ1n) is 9.78. The SMILES string of the molecule is O=C(c1cc(CN2CCC(O)CC2)on1)N1CCCCC1c1ccccn1. The fraction of sp³-hybridized carbons (Fsp3) is 0.550. The summed E-state index contributed by atoms with van der Waals surface area (Å²) in [6.07, 6.45) is 6.14. The molecule has 2 aliphatic heterocycles. The molecule has 1 amide bonds. The van der Waals surface area contributed by atoms with Gasteiger partial charge in [0, 0.05) is 31.9 Å². The van der Waals surface area contributed by atoms with E-state index in [1.54, 1.807) is 12.3 Å². The molecule has 0 bridgehead atoms. The van der Waals surface area contributed by atoms with Gasteiger partial charge in [-0.05, 0) is 44.2 Å². The predicted molar refractivity (Wildman–Crippen MR) is 98.9 cm³/mol. The minimum absolute atomic E-state index is 0.00354. The lowest BCUT2D eigenvalue weighted by molar-refractivity contribution is 0.0594. The van der Waals surface area contributed by atoms with Gasteiger partial charge in [0.05, 0.1) is 24.4 Å². The van der Waals surface area contributed by atoms with Crippen molar-refractivity contribution in [3.8, 4) is 0 Å². The van der Waals surface area contributed by atoms with Crippen molar-refractivity contribution < 1.29 is 14.4 Å². The van der Waals surface area contributed by atoms with Crippen molar-refractivity contribution in [2.45, 2.75) is 50.8 Å². The number of hydrogen-bond donors (Lipinski definition) is 1. The third kappa shape index (κ3) is 4.20. The van der Waals surface area contributed by atoms with Gasteiger partial charge in [0.25, 0.3) is 5.91 Å². The average molecular weight is 370 g/mol. The van der Waals surface area contributed by atoms with Crippen LogP contribution in [0.4, 0.5) is 0 Å². The maximum Gasteiger partial charge on any atom is 0.276 e. The fourth-order valence-corrected chi connectivity index (χ4v) is 3.99. The summed E-state index contributed by atoms with van der Waals surface area (Å²) in [6.45, 7) is 3.00. The lowest BCUT2D eigenvalue weighted by atomic mass is 9.98. The molecule has 1 N–H and O–H groups in total. The minimum atomic E-state index is -0.198. The first-order valence-corrected chi connectivity index (χ1v) is 9.78. The van der Waals surface area contributed by atoms with Crippen molar-refractivity contribution in [2.75, 3.05) is 19.6 Å². The zero-order valence-corrected chi connectivity index (χ0v) is 15.5. The fourth-order valence-electron chi connectivity index (χ4n) is 3.99. The van der Waals surface area contributed by atoms with Crippen LogP contribution in [0.15, 0.2) is 35.0 Å². The van der Waals surface area contributed by atoms with Gasteiger partial charge in [-0.1, -0.05) is 11.2 Å². The summed E-state index contributed by atoms with van der Waals surface area (Å²) in [6, 6.07) is 7.59. The first-order chi connectivity index (χ1) is 13.2. The molecule has 7 heteroatoms. The molecule has 4 heterocycles. The van der Waals surface area contributed by atoms with E-state index in [1.165, 1.54) is 0 Å². The van der Waals surface area contributed by atoms with E-state index >= 15 is 0 Å². The van der Waals surface area contributed by atoms with Crippen LogP contribution in [0.3, 0.4) is 0 Å². The Morgan fingerprint density at radius 2 is 2.04 bits per heavy atom. The molecule has 0 radical (unpaired) electrons. The molecule has 27 heavy (non-hydrogen) atoms. The zero-order valence-electron chi connectivity index (χ0n) is 15.5. The number of hydrogen-bond acceptors (Lipinski definition) is 6. The molecule has 2 aromatic heterocycles. The van der Waals surface area contributed by atoms with Gasteiger partial charge in [0.1, 0.15) is 0 Å². The van der Waals surface area contributed by atoms with Crippen molar-refractivity contribution in [3.05, 3.63) is 47.6 Å². The van der Waals surface area contributed by atoms with E-state index in [0.29, 0.717) is 24.5 Å². The van der Waals surface area contributed by atoms with Gasteiger partial charge >= 0.3 is 0 Å². The van der Waals surface area contributed by atoms with E-state index in [9.17, 15) is 9.90 Å². The molecule has 0 spiro atoms. The summed E-state index contributed by atoms with van der Waals surface area (Å²) < 4.78 is 5.43. The Bertz CT molecular complexity index is 756. The summed E-state index contributed by atoms with van der Waals surface area (Å²) in [5.74, 6) is 0.607. The van der Waals surface area contributed by atoms with Gasteiger partial charge in [0.2, 0.25) is 0 Å². The lowest BCUT2D eigenvalue weighted by Crippen LogP contribution is -2.39. The third-order valence-corrected chi connectivity index (χ3v) is 5.51. The van der Waals surface area contributed by atoms with Crippen LogP contribution in [-0.4, -0.2) is 56.7 Å². The molecule has 2 fully saturated rings. The maximum atomic E-state index is 13.1. The number of aliphatic hydroxyl groups is 1. The number of likely N-dealkylation sites (tertiary alicyclic amines) is 2. The Balaban J connectivity index is 1.44. The van der Waals surface area contributed by atoms with Crippen LogP contribution < -0.4 is 0 Å². The highest BCUT2D eigenvalue weighted by Gasteiger charge is 2.31. The molecule has 0 aromatic carbocycles. The van der Waals surface area contributed by atoms with Crippen molar-refractivity contribution in [3.63, 3.8) is 0 Å². The largest absolute Gasteiger partial charge is 0.393 e. The van der Waals surface area contributed by atoms with E-state index in [2.05, 4.69) is 15.0 Å². The minimum Gasteiger partial charge on any atom is -0.393 e. The summed E-state index contributed by atoms with van der Waals surface area (Å²) in [5, 5.41) is 13.7. The number of aliphatic hydroxyl groups excluding tert-OH is 1. The summed E-state index contributed by atoms with van der Waals surface area (Å²) in [4.78, 5) is 21.6. The Hall–Kier alpha value is -2.25. The van der Waals surface area contributed by atoms with E-state index < -0.39 is 0 Å². The highest BCUT2D eigenvalue weighted by atomic mass is 16.5. The van der Waals surface area contributed by atoms with E-state index in [4.69, 9.17) is 4.52 Å². The first kappa shape index (κ1) is 18.1. The zero-order chi connectivity index (χ0) is 18.6. The van der Waals surface area contributed by atoms with Crippen LogP contribution in [0.1, 0.15) is 60.1 Å². The van der Waals surface area contributed by atoms with Gasteiger partial charge in [-0.25, -0.2) is 0 Å². The molecule has 0 aliphatic carbocycles. The third-order valence-electron chi connectivity index (χ3n) is 5.51. The molecule has 4 rings (SSSR count). The highest BCUT2D eigenvalue weighted by molar-refractivity contribution is 5.92. The number of carbonyl (C=O) groups excluding carboxylic acids is 1. The van der Waals surface area contributed by atoms with Crippen LogP contribution in [0.25, 0.3) is 0 Å². The molecule has 2 saturated heterocycles. The van der Waals surface area contributed by atoms with Crippen LogP contribution >= 0.6 is 0 Å². The standard InChI is InChI=1S/C20H26N4O3/c25-15-7-11-23(12-8-15)14-16-13-18(22-27-16)20(26)24-10-4-2-6-19(24)17-5-1-3-9-21-17/h1,3,5,9,13,15,19,25H,2,4,6-8,10-12,14H2. The van der Waals surface area contributed by atoms with Crippen molar-refractivity contribution in [1.29, 1.82) is 0 Å². The van der Waals surface area contributed by atoms with Crippen LogP contribution in [0, 0.1) is 0 Å². The smallest absolute Gasteiger partial charge is 0.276 e. The normalized spacial score (nSPS) is 22.1. The Labute approximate surface area is 159 Å². The Morgan fingerprint density at radius 1 is 1.19 bits per heavy atom. The quantitative estimate of drug-likeness (QED) is 0.890. The summed E-state index contributed by atoms with van der Waals surface area (Å²) >= 11 is 0. The summed E-state index contributed by atoms with van der Waals surface area (Å²) in [7, 11) is 0. The van der Waals surface area contributed by atoms with Crippen molar-refractivity contribution >= 4 is 5.91 Å². The molecule has 7 nitrogen and oxygen atoms in total. The lowest BCUT2D eigenvalue weighted by Gasteiger charge is -2.34. The number of carbonyl (C=O) groups is 1. The van der Waals surface area contributed by atoms with Crippen LogP contribution in [0.5, 0.6) is 0 Å². The number of amides is 1. The second-order valence-electron chi connectivity index (χ2n) is 7.45. The average Bonchev–Trinajstić information content (AvgIpc) is 3.18. The highest BCUT2D eigenvalue weighted by Crippen LogP contribution is 2.31. The second kappa shape index (κ2) is 8.19. The van der Waals surface area contributed by atoms with E-state index in [-0.39, 0.29) is 18.1 Å². The van der Waals surface area contributed by atoms with Crippen molar-refractivity contribution in [1.82, 2.24) is 19.9 Å². The Morgan fingerprint density at radius 3 is 2.81 bits per heavy atom. The molecule has 144 valence electrons. The number of rotatable bonds is 4. The molecular weight excluding hydrogens is 344 g/mol. The monoisotopic (exact) mass is 370 g/mol. The van der Waals surface area contributed by atoms with Crippen LogP contribution in [0.2, 0.25) is 0 Å². The molecule has 1 atom stereocenters. The molecular formula is C20H26N4O3. The van der Waals surface area contributed by atoms with E-state index in [0.717, 1.165) is 50.9 Å². The molecule has 2 aliphatic rings.